The summed E-state index contributed by atoms with van der Waals surface area (Å²) in [6.45, 7) is 10.8. The minimum Gasteiger partial charge on any atom is -0.481 e. The van der Waals surface area contributed by atoms with Gasteiger partial charge in [-0.2, -0.15) is 0 Å². The second kappa shape index (κ2) is 11.6. The van der Waals surface area contributed by atoms with Crippen molar-refractivity contribution >= 4 is 33.3 Å². The number of carbonyl (C=O) groups is 1. The second-order valence-corrected chi connectivity index (χ2v) is 9.12. The first-order chi connectivity index (χ1) is 14.1. The molecule has 0 aliphatic heterocycles. The van der Waals surface area contributed by atoms with Gasteiger partial charge in [0.2, 0.25) is 9.84 Å². The Morgan fingerprint density at radius 2 is 2.00 bits per heavy atom. The maximum Gasteiger partial charge on any atom is 0.307 e. The topological polar surface area (TPSA) is 87.9 Å². The van der Waals surface area contributed by atoms with E-state index < -0.39 is 21.6 Å². The minimum atomic E-state index is -3.97. The van der Waals surface area contributed by atoms with Crippen LogP contribution in [0, 0.1) is 12.7 Å². The fourth-order valence-corrected chi connectivity index (χ4v) is 4.59. The first kappa shape index (κ1) is 25.5. The summed E-state index contributed by atoms with van der Waals surface area (Å²) in [5, 5.41) is 8.89. The fourth-order valence-electron chi connectivity index (χ4n) is 2.70. The Bertz CT molecular complexity index is 1070. The molecule has 0 atom stereocenters. The van der Waals surface area contributed by atoms with Gasteiger partial charge in [-0.15, -0.1) is 0 Å². The maximum absolute atomic E-state index is 13.6. The van der Waals surface area contributed by atoms with Gasteiger partial charge in [0.1, 0.15) is 10.8 Å². The summed E-state index contributed by atoms with van der Waals surface area (Å²) < 4.78 is 43.2. The van der Waals surface area contributed by atoms with Crippen LogP contribution in [0.2, 0.25) is 0 Å². The van der Waals surface area contributed by atoms with E-state index in [4.69, 9.17) is 5.11 Å². The Hall–Kier alpha value is -2.52. The van der Waals surface area contributed by atoms with Crippen molar-refractivity contribution < 1.29 is 22.7 Å². The highest BCUT2D eigenvalue weighted by Gasteiger charge is 2.28. The molecule has 0 fully saturated rings. The molecule has 2 aromatic rings. The fraction of sp³-hybridized carbons (Fsp3) is 0.286. The largest absolute Gasteiger partial charge is 0.481 e. The summed E-state index contributed by atoms with van der Waals surface area (Å²) in [6, 6.07) is 2.54. The molecule has 0 radical (unpaired) electrons. The van der Waals surface area contributed by atoms with Crippen LogP contribution in [0.1, 0.15) is 31.9 Å². The van der Waals surface area contributed by atoms with Crippen LogP contribution in [0.5, 0.6) is 0 Å². The van der Waals surface area contributed by atoms with Crippen LogP contribution in [0.4, 0.5) is 4.39 Å². The zero-order chi connectivity index (χ0) is 22.9. The molecule has 9 heteroatoms. The number of aromatic nitrogens is 1. The average molecular weight is 455 g/mol. The van der Waals surface area contributed by atoms with E-state index in [0.29, 0.717) is 11.1 Å². The molecule has 0 aliphatic carbocycles. The number of allylic oxidation sites excluding steroid dienone is 3. The number of fused-ring (bicyclic) bond motifs is 1. The second-order valence-electron chi connectivity index (χ2n) is 6.10. The molecule has 2 aromatic heterocycles. The van der Waals surface area contributed by atoms with Gasteiger partial charge in [-0.25, -0.2) is 12.8 Å². The lowest BCUT2D eigenvalue weighted by Crippen LogP contribution is -2.08. The summed E-state index contributed by atoms with van der Waals surface area (Å²) >= 11 is 1.70. The number of aliphatic carboxylic acids is 1. The number of hydrogen-bond acceptors (Lipinski definition) is 5. The highest BCUT2D eigenvalue weighted by atomic mass is 32.2. The molecule has 6 nitrogen and oxygen atoms in total. The summed E-state index contributed by atoms with van der Waals surface area (Å²) in [5.74, 6) is -0.603. The van der Waals surface area contributed by atoms with Crippen LogP contribution < -0.4 is 4.72 Å². The van der Waals surface area contributed by atoms with Gasteiger partial charge in [-0.1, -0.05) is 37.6 Å². The lowest BCUT2D eigenvalue weighted by Gasteiger charge is -2.06. The minimum absolute atomic E-state index is 0.145. The molecule has 2 N–H and O–H groups in total. The molecule has 0 unspecified atom stereocenters. The van der Waals surface area contributed by atoms with E-state index in [1.807, 2.05) is 19.2 Å². The molecule has 30 heavy (non-hydrogen) atoms. The zero-order valence-corrected chi connectivity index (χ0v) is 19.1. The number of carboxylic acid groups (broad SMARTS) is 1. The van der Waals surface area contributed by atoms with Crippen molar-refractivity contribution in [3.05, 3.63) is 71.2 Å². The van der Waals surface area contributed by atoms with E-state index in [1.54, 1.807) is 18.9 Å². The van der Waals surface area contributed by atoms with Gasteiger partial charge in [0, 0.05) is 18.1 Å². The molecule has 0 aliphatic rings. The van der Waals surface area contributed by atoms with Gasteiger partial charge in [0.25, 0.3) is 0 Å². The van der Waals surface area contributed by atoms with Crippen LogP contribution in [0.3, 0.4) is 0 Å². The quantitative estimate of drug-likeness (QED) is 0.343. The Morgan fingerprint density at radius 1 is 1.33 bits per heavy atom. The molecule has 2 rings (SSSR count). The Kier molecular flexibility index (Phi) is 9.88. The first-order valence-electron chi connectivity index (χ1n) is 9.17. The number of nitrogens with one attached hydrogen (secondary N) is 1. The molecule has 0 spiro atoms. The predicted molar refractivity (Wildman–Crippen MR) is 121 cm³/mol. The average Bonchev–Trinajstić information content (AvgIpc) is 2.94. The van der Waals surface area contributed by atoms with Crippen molar-refractivity contribution in [3.8, 4) is 0 Å². The third kappa shape index (κ3) is 6.24. The van der Waals surface area contributed by atoms with E-state index in [9.17, 15) is 17.6 Å². The van der Waals surface area contributed by atoms with Crippen molar-refractivity contribution in [2.75, 3.05) is 5.75 Å². The number of pyridine rings is 1. The van der Waals surface area contributed by atoms with E-state index in [2.05, 4.69) is 18.2 Å². The van der Waals surface area contributed by atoms with Crippen LogP contribution in [0.25, 0.3) is 5.52 Å². The van der Waals surface area contributed by atoms with Crippen molar-refractivity contribution in [1.29, 1.82) is 0 Å². The van der Waals surface area contributed by atoms with Crippen molar-refractivity contribution in [2.24, 2.45) is 0 Å². The number of sulfone groups is 1. The summed E-state index contributed by atoms with van der Waals surface area (Å²) in [7, 11) is -3.97. The van der Waals surface area contributed by atoms with Crippen molar-refractivity contribution in [2.45, 2.75) is 39.1 Å². The highest BCUT2D eigenvalue weighted by molar-refractivity contribution is 7.97. The van der Waals surface area contributed by atoms with Gasteiger partial charge in [-0.05, 0) is 50.1 Å². The van der Waals surface area contributed by atoms with Gasteiger partial charge in [0.05, 0.1) is 16.8 Å². The number of nitrogens with zero attached hydrogens (tertiary/aromatic N) is 1. The van der Waals surface area contributed by atoms with E-state index in [-0.39, 0.29) is 21.9 Å². The molecule has 2 heterocycles. The number of carboxylic acids is 1. The van der Waals surface area contributed by atoms with E-state index in [1.165, 1.54) is 29.5 Å². The SMILES string of the molecule is C/C=C/NSCC.C=C(/C=C\C)S(=O)(=O)c1c(C)c(CC(=O)O)c2ccc(F)cn12. The molecule has 0 saturated heterocycles. The third-order valence-electron chi connectivity index (χ3n) is 3.96. The van der Waals surface area contributed by atoms with Crippen LogP contribution in [-0.2, 0) is 21.1 Å². The van der Waals surface area contributed by atoms with E-state index >= 15 is 0 Å². The monoisotopic (exact) mass is 454 g/mol. The standard InChI is InChI=1S/C16H16FNO4S.C5H11NS/c1-4-5-10(2)23(21,22)16-11(3)13(8-15(19)20)14-7-6-12(17)9-18(14)16;1-3-5-6-7-4-2/h4-7,9H,2,8H2,1,3H3,(H,19,20);3,5-6H,4H2,1-2H3/b5-4-;5-3+. The summed E-state index contributed by atoms with van der Waals surface area (Å²) in [6.07, 6.45) is 7.45. The smallest absolute Gasteiger partial charge is 0.307 e. The van der Waals surface area contributed by atoms with Crippen molar-refractivity contribution in [1.82, 2.24) is 9.12 Å². The first-order valence-corrected chi connectivity index (χ1v) is 11.6. The Labute approximate surface area is 181 Å². The maximum atomic E-state index is 13.6. The molecular weight excluding hydrogens is 427 g/mol. The van der Waals surface area contributed by atoms with Gasteiger partial charge in [0.15, 0.2) is 0 Å². The summed E-state index contributed by atoms with van der Waals surface area (Å²) in [4.78, 5) is 10.9. The zero-order valence-electron chi connectivity index (χ0n) is 17.5. The highest BCUT2D eigenvalue weighted by Crippen LogP contribution is 2.31. The number of hydrogen-bond donors (Lipinski definition) is 2. The van der Waals surface area contributed by atoms with Crippen LogP contribution >= 0.6 is 11.9 Å². The number of halogens is 1. The predicted octanol–water partition coefficient (Wildman–Crippen LogP) is 4.66. The van der Waals surface area contributed by atoms with E-state index in [0.717, 1.165) is 18.0 Å². The van der Waals surface area contributed by atoms with Crippen molar-refractivity contribution in [3.63, 3.8) is 0 Å². The summed E-state index contributed by atoms with van der Waals surface area (Å²) in [5.41, 5.74) is 0.964. The van der Waals surface area contributed by atoms with Gasteiger partial charge in [-0.3, -0.25) is 4.79 Å². The molecule has 0 saturated carbocycles. The molecule has 0 amide bonds. The Balaban J connectivity index is 0.000000553. The number of rotatable bonds is 8. The van der Waals surface area contributed by atoms with Crippen LogP contribution in [0.15, 0.2) is 59.3 Å². The molecule has 164 valence electrons. The molecular formula is C21H27FN2O4S2. The van der Waals surface area contributed by atoms with Gasteiger partial charge >= 0.3 is 5.97 Å². The normalized spacial score (nSPS) is 11.6. The molecule has 0 bridgehead atoms. The third-order valence-corrected chi connectivity index (χ3v) is 6.39. The van der Waals surface area contributed by atoms with Crippen LogP contribution in [-0.4, -0.2) is 29.6 Å². The molecule has 0 aromatic carbocycles. The lowest BCUT2D eigenvalue weighted by atomic mass is 10.1. The Morgan fingerprint density at radius 3 is 2.53 bits per heavy atom. The lowest BCUT2D eigenvalue weighted by molar-refractivity contribution is -0.136. The van der Waals surface area contributed by atoms with Gasteiger partial charge < -0.3 is 14.2 Å².